The number of carbonyl (C=O) groups excluding carboxylic acids is 1. The summed E-state index contributed by atoms with van der Waals surface area (Å²) in [6, 6.07) is 0.524. The second-order valence-electron chi connectivity index (χ2n) is 6.37. The summed E-state index contributed by atoms with van der Waals surface area (Å²) >= 11 is 0. The van der Waals surface area contributed by atoms with E-state index in [-0.39, 0.29) is 18.6 Å². The molecule has 3 aliphatic rings. The SMILES string of the molecule is O=C(NC1CC2CCC1C2)N1CCCC(CO)C1. The highest BCUT2D eigenvalue weighted by Gasteiger charge is 2.40. The number of fused-ring (bicyclic) bond motifs is 2. The number of urea groups is 1. The molecular formula is C14H24N2O2. The number of aliphatic hydroxyl groups is 1. The van der Waals surface area contributed by atoms with Crippen LogP contribution in [0.25, 0.3) is 0 Å². The van der Waals surface area contributed by atoms with Gasteiger partial charge < -0.3 is 15.3 Å². The summed E-state index contributed by atoms with van der Waals surface area (Å²) in [5.74, 6) is 1.88. The van der Waals surface area contributed by atoms with Gasteiger partial charge in [-0.15, -0.1) is 0 Å². The monoisotopic (exact) mass is 252 g/mol. The summed E-state index contributed by atoms with van der Waals surface area (Å²) in [5.41, 5.74) is 0. The van der Waals surface area contributed by atoms with Gasteiger partial charge in [-0.25, -0.2) is 4.79 Å². The van der Waals surface area contributed by atoms with Crippen LogP contribution < -0.4 is 5.32 Å². The fraction of sp³-hybridized carbons (Fsp3) is 0.929. The van der Waals surface area contributed by atoms with Gasteiger partial charge in [0.1, 0.15) is 0 Å². The van der Waals surface area contributed by atoms with Crippen molar-refractivity contribution < 1.29 is 9.90 Å². The molecule has 4 atom stereocenters. The van der Waals surface area contributed by atoms with Crippen molar-refractivity contribution in [2.24, 2.45) is 17.8 Å². The number of hydrogen-bond acceptors (Lipinski definition) is 2. The van der Waals surface area contributed by atoms with Crippen LogP contribution in [-0.2, 0) is 0 Å². The number of amides is 2. The van der Waals surface area contributed by atoms with Gasteiger partial charge in [-0.2, -0.15) is 0 Å². The van der Waals surface area contributed by atoms with Gasteiger partial charge in [-0.05, 0) is 49.9 Å². The summed E-state index contributed by atoms with van der Waals surface area (Å²) in [6.45, 7) is 1.78. The molecule has 4 unspecified atom stereocenters. The molecule has 2 bridgehead atoms. The lowest BCUT2D eigenvalue weighted by atomic mass is 9.95. The maximum Gasteiger partial charge on any atom is 0.317 e. The first-order valence-corrected chi connectivity index (χ1v) is 7.42. The summed E-state index contributed by atoms with van der Waals surface area (Å²) in [5, 5.41) is 12.4. The van der Waals surface area contributed by atoms with Crippen molar-refractivity contribution in [2.75, 3.05) is 19.7 Å². The van der Waals surface area contributed by atoms with E-state index >= 15 is 0 Å². The molecule has 0 radical (unpaired) electrons. The van der Waals surface area contributed by atoms with Crippen LogP contribution in [0.3, 0.4) is 0 Å². The van der Waals surface area contributed by atoms with Crippen LogP contribution in [0.1, 0.15) is 38.5 Å². The first kappa shape index (κ1) is 12.3. The van der Waals surface area contributed by atoms with E-state index in [0.29, 0.717) is 6.04 Å². The highest BCUT2D eigenvalue weighted by Crippen LogP contribution is 2.44. The van der Waals surface area contributed by atoms with Gasteiger partial charge in [0.15, 0.2) is 0 Å². The van der Waals surface area contributed by atoms with Crippen LogP contribution in [-0.4, -0.2) is 41.8 Å². The van der Waals surface area contributed by atoms with Crippen molar-refractivity contribution in [2.45, 2.75) is 44.6 Å². The maximum atomic E-state index is 12.2. The van der Waals surface area contributed by atoms with Gasteiger partial charge in [0.25, 0.3) is 0 Å². The standard InChI is InChI=1S/C14H24N2O2/c17-9-11-2-1-5-16(8-11)14(18)15-13-7-10-3-4-12(13)6-10/h10-13,17H,1-9H2,(H,15,18). The second kappa shape index (κ2) is 5.08. The molecule has 4 nitrogen and oxygen atoms in total. The Morgan fingerprint density at radius 3 is 2.83 bits per heavy atom. The van der Waals surface area contributed by atoms with Crippen molar-refractivity contribution >= 4 is 6.03 Å². The number of nitrogens with zero attached hydrogens (tertiary/aromatic N) is 1. The Labute approximate surface area is 109 Å². The second-order valence-corrected chi connectivity index (χ2v) is 6.37. The van der Waals surface area contributed by atoms with Crippen LogP contribution in [0.5, 0.6) is 0 Å². The molecule has 1 heterocycles. The minimum atomic E-state index is 0.103. The van der Waals surface area contributed by atoms with Gasteiger partial charge >= 0.3 is 6.03 Å². The lowest BCUT2D eigenvalue weighted by Crippen LogP contribution is -2.50. The molecule has 4 heteroatoms. The highest BCUT2D eigenvalue weighted by atomic mass is 16.3. The molecule has 2 amide bonds. The third-order valence-corrected chi connectivity index (χ3v) is 5.11. The molecule has 2 aliphatic carbocycles. The molecule has 0 aromatic heterocycles. The van der Waals surface area contributed by atoms with Gasteiger partial charge in [-0.3, -0.25) is 0 Å². The predicted octanol–water partition coefficient (Wildman–Crippen LogP) is 1.59. The maximum absolute atomic E-state index is 12.2. The molecule has 3 fully saturated rings. The topological polar surface area (TPSA) is 52.6 Å². The summed E-state index contributed by atoms with van der Waals surface area (Å²) in [4.78, 5) is 14.1. The zero-order valence-electron chi connectivity index (χ0n) is 11.0. The van der Waals surface area contributed by atoms with Crippen molar-refractivity contribution in [3.63, 3.8) is 0 Å². The molecule has 18 heavy (non-hydrogen) atoms. The van der Waals surface area contributed by atoms with E-state index in [1.807, 2.05) is 4.90 Å². The fourth-order valence-corrected chi connectivity index (χ4v) is 4.07. The Balaban J connectivity index is 1.52. The third-order valence-electron chi connectivity index (χ3n) is 5.11. The largest absolute Gasteiger partial charge is 0.396 e. The molecule has 2 saturated carbocycles. The number of hydrogen-bond donors (Lipinski definition) is 2. The molecule has 2 N–H and O–H groups in total. The van der Waals surface area contributed by atoms with Crippen LogP contribution >= 0.6 is 0 Å². The number of rotatable bonds is 2. The van der Waals surface area contributed by atoms with Gasteiger partial charge in [0.05, 0.1) is 0 Å². The normalized spacial score (nSPS) is 39.1. The first-order chi connectivity index (χ1) is 8.76. The molecule has 0 aromatic carbocycles. The summed E-state index contributed by atoms with van der Waals surface area (Å²) < 4.78 is 0. The van der Waals surface area contributed by atoms with Crippen LogP contribution in [0.15, 0.2) is 0 Å². The van der Waals surface area contributed by atoms with Crippen molar-refractivity contribution in [3.8, 4) is 0 Å². The van der Waals surface area contributed by atoms with E-state index in [1.165, 1.54) is 25.7 Å². The van der Waals surface area contributed by atoms with Crippen molar-refractivity contribution in [1.29, 1.82) is 0 Å². The first-order valence-electron chi connectivity index (χ1n) is 7.42. The van der Waals surface area contributed by atoms with E-state index in [2.05, 4.69) is 5.32 Å². The van der Waals surface area contributed by atoms with Crippen molar-refractivity contribution in [1.82, 2.24) is 10.2 Å². The number of piperidine rings is 1. The molecular weight excluding hydrogens is 228 g/mol. The average Bonchev–Trinajstić information content (AvgIpc) is 3.01. The molecule has 0 aromatic rings. The lowest BCUT2D eigenvalue weighted by Gasteiger charge is -2.34. The van der Waals surface area contributed by atoms with E-state index in [0.717, 1.165) is 37.8 Å². The Morgan fingerprint density at radius 2 is 2.17 bits per heavy atom. The summed E-state index contributed by atoms with van der Waals surface area (Å²) in [6.07, 6.45) is 7.25. The third kappa shape index (κ3) is 2.35. The highest BCUT2D eigenvalue weighted by molar-refractivity contribution is 5.74. The minimum absolute atomic E-state index is 0.103. The number of aliphatic hydroxyl groups excluding tert-OH is 1. The molecule has 1 aliphatic heterocycles. The molecule has 0 spiro atoms. The van der Waals surface area contributed by atoms with E-state index < -0.39 is 0 Å². The van der Waals surface area contributed by atoms with Gasteiger partial charge in [0, 0.05) is 25.7 Å². The smallest absolute Gasteiger partial charge is 0.317 e. The van der Waals surface area contributed by atoms with Crippen LogP contribution in [0, 0.1) is 17.8 Å². The van der Waals surface area contributed by atoms with Crippen molar-refractivity contribution in [3.05, 3.63) is 0 Å². The number of nitrogens with one attached hydrogen (secondary N) is 1. The lowest BCUT2D eigenvalue weighted by molar-refractivity contribution is 0.126. The molecule has 102 valence electrons. The van der Waals surface area contributed by atoms with E-state index in [9.17, 15) is 9.90 Å². The molecule has 1 saturated heterocycles. The van der Waals surface area contributed by atoms with Gasteiger partial charge in [0.2, 0.25) is 0 Å². The Bertz CT molecular complexity index is 321. The van der Waals surface area contributed by atoms with Gasteiger partial charge in [-0.1, -0.05) is 6.42 Å². The Morgan fingerprint density at radius 1 is 1.28 bits per heavy atom. The van der Waals surface area contributed by atoms with E-state index in [4.69, 9.17) is 0 Å². The van der Waals surface area contributed by atoms with Crippen LogP contribution in [0.2, 0.25) is 0 Å². The minimum Gasteiger partial charge on any atom is -0.396 e. The zero-order chi connectivity index (χ0) is 12.5. The quantitative estimate of drug-likeness (QED) is 0.784. The van der Waals surface area contributed by atoms with Crippen LogP contribution in [0.4, 0.5) is 4.79 Å². The summed E-state index contributed by atoms with van der Waals surface area (Å²) in [7, 11) is 0. The average molecular weight is 252 g/mol. The Kier molecular flexibility index (Phi) is 3.46. The number of likely N-dealkylation sites (tertiary alicyclic amines) is 1. The zero-order valence-corrected chi connectivity index (χ0v) is 11.0. The molecule has 3 rings (SSSR count). The predicted molar refractivity (Wildman–Crippen MR) is 69.2 cm³/mol. The van der Waals surface area contributed by atoms with E-state index in [1.54, 1.807) is 0 Å². The fourth-order valence-electron chi connectivity index (χ4n) is 4.07. The Hall–Kier alpha value is -0.770. The number of carbonyl (C=O) groups is 1.